The van der Waals surface area contributed by atoms with Crippen LogP contribution in [0.2, 0.25) is 0 Å². The third-order valence-corrected chi connectivity index (χ3v) is 2.13. The van der Waals surface area contributed by atoms with Gasteiger partial charge in [0, 0.05) is 18.7 Å². The van der Waals surface area contributed by atoms with Crippen LogP contribution >= 0.6 is 0 Å². The lowest BCUT2D eigenvalue weighted by Gasteiger charge is -2.08. The van der Waals surface area contributed by atoms with Gasteiger partial charge in [0.2, 0.25) is 0 Å². The summed E-state index contributed by atoms with van der Waals surface area (Å²) in [7, 11) is 1.74. The highest BCUT2D eigenvalue weighted by atomic mass is 19.4. The second kappa shape index (κ2) is 5.67. The Morgan fingerprint density at radius 3 is 2.24 bits per heavy atom. The Hall–Kier alpha value is -1.56. The first-order valence-corrected chi connectivity index (χ1v) is 5.05. The molecule has 0 heterocycles. The van der Waals surface area contributed by atoms with E-state index in [2.05, 4.69) is 10.6 Å². The molecule has 0 aliphatic heterocycles. The topological polar surface area (TPSA) is 41.1 Å². The van der Waals surface area contributed by atoms with Crippen molar-refractivity contribution in [3.63, 3.8) is 0 Å². The number of halogens is 3. The Morgan fingerprint density at radius 1 is 1.18 bits per heavy atom. The maximum Gasteiger partial charge on any atom is 0.416 e. The van der Waals surface area contributed by atoms with Crippen molar-refractivity contribution in [2.45, 2.75) is 6.18 Å². The average molecular weight is 246 g/mol. The minimum absolute atomic E-state index is 0.217. The summed E-state index contributed by atoms with van der Waals surface area (Å²) in [5, 5.41) is 5.42. The second-order valence-corrected chi connectivity index (χ2v) is 3.43. The highest BCUT2D eigenvalue weighted by Gasteiger charge is 2.30. The van der Waals surface area contributed by atoms with Crippen LogP contribution in [0.3, 0.4) is 0 Å². The fourth-order valence-electron chi connectivity index (χ4n) is 1.21. The van der Waals surface area contributed by atoms with Crippen LogP contribution in [0.1, 0.15) is 15.9 Å². The third-order valence-electron chi connectivity index (χ3n) is 2.13. The van der Waals surface area contributed by atoms with Crippen LogP contribution in [0.15, 0.2) is 24.3 Å². The normalized spacial score (nSPS) is 11.3. The minimum atomic E-state index is -4.37. The van der Waals surface area contributed by atoms with Crippen LogP contribution in [0.25, 0.3) is 0 Å². The number of likely N-dealkylation sites (N-methyl/N-ethyl adjacent to an activating group) is 1. The molecule has 2 N–H and O–H groups in total. The van der Waals surface area contributed by atoms with E-state index in [1.165, 1.54) is 0 Å². The van der Waals surface area contributed by atoms with Gasteiger partial charge < -0.3 is 10.6 Å². The van der Waals surface area contributed by atoms with E-state index >= 15 is 0 Å². The Morgan fingerprint density at radius 2 is 1.76 bits per heavy atom. The molecule has 1 rings (SSSR count). The van der Waals surface area contributed by atoms with Crippen molar-refractivity contribution >= 4 is 5.91 Å². The van der Waals surface area contributed by atoms with Gasteiger partial charge in [0.1, 0.15) is 0 Å². The lowest BCUT2D eigenvalue weighted by Crippen LogP contribution is -2.30. The number of alkyl halides is 3. The second-order valence-electron chi connectivity index (χ2n) is 3.43. The Kier molecular flexibility index (Phi) is 4.51. The SMILES string of the molecule is CNCCNC(=O)c1ccc(C(F)(F)F)cc1. The summed E-state index contributed by atoms with van der Waals surface area (Å²) in [6.45, 7) is 1.03. The minimum Gasteiger partial charge on any atom is -0.351 e. The molecule has 0 aromatic heterocycles. The fourth-order valence-corrected chi connectivity index (χ4v) is 1.21. The van der Waals surface area contributed by atoms with E-state index in [9.17, 15) is 18.0 Å². The molecular weight excluding hydrogens is 233 g/mol. The quantitative estimate of drug-likeness (QED) is 0.793. The number of carbonyl (C=O) groups is 1. The molecule has 3 nitrogen and oxygen atoms in total. The van der Waals surface area contributed by atoms with Gasteiger partial charge in [0.15, 0.2) is 0 Å². The molecule has 0 atom stereocenters. The molecule has 0 radical (unpaired) electrons. The van der Waals surface area contributed by atoms with E-state index in [0.717, 1.165) is 24.3 Å². The predicted molar refractivity (Wildman–Crippen MR) is 57.7 cm³/mol. The number of carbonyl (C=O) groups excluding carboxylic acids is 1. The predicted octanol–water partition coefficient (Wildman–Crippen LogP) is 1.65. The summed E-state index contributed by atoms with van der Waals surface area (Å²) >= 11 is 0. The third kappa shape index (κ3) is 4.07. The zero-order valence-corrected chi connectivity index (χ0v) is 9.27. The number of amides is 1. The first-order valence-electron chi connectivity index (χ1n) is 5.05. The van der Waals surface area contributed by atoms with Crippen molar-refractivity contribution in [2.75, 3.05) is 20.1 Å². The van der Waals surface area contributed by atoms with E-state index < -0.39 is 11.7 Å². The molecule has 0 fully saturated rings. The largest absolute Gasteiger partial charge is 0.416 e. The van der Waals surface area contributed by atoms with Crippen molar-refractivity contribution in [2.24, 2.45) is 0 Å². The average Bonchev–Trinajstić information content (AvgIpc) is 2.28. The zero-order chi connectivity index (χ0) is 12.9. The van der Waals surface area contributed by atoms with E-state index in [1.807, 2.05) is 0 Å². The van der Waals surface area contributed by atoms with Crippen LogP contribution < -0.4 is 10.6 Å². The molecule has 0 bridgehead atoms. The molecule has 0 spiro atoms. The summed E-state index contributed by atoms with van der Waals surface area (Å²) in [4.78, 5) is 11.5. The van der Waals surface area contributed by atoms with Gasteiger partial charge >= 0.3 is 6.18 Å². The van der Waals surface area contributed by atoms with Crippen molar-refractivity contribution in [1.82, 2.24) is 10.6 Å². The van der Waals surface area contributed by atoms with Gasteiger partial charge in [-0.15, -0.1) is 0 Å². The molecule has 1 amide bonds. The van der Waals surface area contributed by atoms with Crippen LogP contribution in [0, 0.1) is 0 Å². The summed E-state index contributed by atoms with van der Waals surface area (Å²) in [6, 6.07) is 4.12. The highest BCUT2D eigenvalue weighted by molar-refractivity contribution is 5.94. The molecule has 0 saturated heterocycles. The molecular formula is C11H13F3N2O. The lowest BCUT2D eigenvalue weighted by molar-refractivity contribution is -0.137. The van der Waals surface area contributed by atoms with Crippen molar-refractivity contribution < 1.29 is 18.0 Å². The molecule has 0 aliphatic rings. The lowest BCUT2D eigenvalue weighted by atomic mass is 10.1. The smallest absolute Gasteiger partial charge is 0.351 e. The number of hydrogen-bond donors (Lipinski definition) is 2. The first-order chi connectivity index (χ1) is 7.95. The Balaban J connectivity index is 2.64. The summed E-state index contributed by atoms with van der Waals surface area (Å²) in [6.07, 6.45) is -4.37. The van der Waals surface area contributed by atoms with Gasteiger partial charge in [0.05, 0.1) is 5.56 Å². The molecule has 0 saturated carbocycles. The maximum atomic E-state index is 12.3. The molecule has 94 valence electrons. The summed E-state index contributed by atoms with van der Waals surface area (Å²) in [5.74, 6) is -0.381. The van der Waals surface area contributed by atoms with E-state index in [0.29, 0.717) is 13.1 Å². The van der Waals surface area contributed by atoms with E-state index in [1.54, 1.807) is 7.05 Å². The van der Waals surface area contributed by atoms with Crippen LogP contribution in [0.5, 0.6) is 0 Å². The molecule has 0 unspecified atom stereocenters. The fraction of sp³-hybridized carbons (Fsp3) is 0.364. The highest BCUT2D eigenvalue weighted by Crippen LogP contribution is 2.28. The zero-order valence-electron chi connectivity index (χ0n) is 9.27. The molecule has 6 heteroatoms. The van der Waals surface area contributed by atoms with Gasteiger partial charge in [-0.2, -0.15) is 13.2 Å². The first kappa shape index (κ1) is 13.5. The summed E-state index contributed by atoms with van der Waals surface area (Å²) < 4.78 is 36.8. The number of hydrogen-bond acceptors (Lipinski definition) is 2. The van der Waals surface area contributed by atoms with Gasteiger partial charge in [-0.05, 0) is 31.3 Å². The van der Waals surface area contributed by atoms with Crippen LogP contribution in [-0.2, 0) is 6.18 Å². The molecule has 1 aromatic carbocycles. The van der Waals surface area contributed by atoms with Gasteiger partial charge in [-0.25, -0.2) is 0 Å². The number of nitrogens with one attached hydrogen (secondary N) is 2. The van der Waals surface area contributed by atoms with E-state index in [-0.39, 0.29) is 11.5 Å². The monoisotopic (exact) mass is 246 g/mol. The van der Waals surface area contributed by atoms with Crippen LogP contribution in [0.4, 0.5) is 13.2 Å². The number of rotatable bonds is 4. The molecule has 0 aliphatic carbocycles. The van der Waals surface area contributed by atoms with Gasteiger partial charge in [-0.1, -0.05) is 0 Å². The van der Waals surface area contributed by atoms with Crippen molar-refractivity contribution in [3.05, 3.63) is 35.4 Å². The Labute approximate surface area is 97.0 Å². The van der Waals surface area contributed by atoms with Gasteiger partial charge in [0.25, 0.3) is 5.91 Å². The Bertz CT molecular complexity index is 373. The molecule has 17 heavy (non-hydrogen) atoms. The number of benzene rings is 1. The van der Waals surface area contributed by atoms with Crippen molar-refractivity contribution in [1.29, 1.82) is 0 Å². The van der Waals surface area contributed by atoms with E-state index in [4.69, 9.17) is 0 Å². The van der Waals surface area contributed by atoms with Gasteiger partial charge in [-0.3, -0.25) is 4.79 Å². The summed E-state index contributed by atoms with van der Waals surface area (Å²) in [5.41, 5.74) is -0.543. The molecule has 1 aromatic rings. The standard InChI is InChI=1S/C11H13F3N2O/c1-15-6-7-16-10(17)8-2-4-9(5-3-8)11(12,13)14/h2-5,15H,6-7H2,1H3,(H,16,17). The van der Waals surface area contributed by atoms with Crippen LogP contribution in [-0.4, -0.2) is 26.0 Å². The van der Waals surface area contributed by atoms with Crippen molar-refractivity contribution in [3.8, 4) is 0 Å². The maximum absolute atomic E-state index is 12.3.